The van der Waals surface area contributed by atoms with Crippen LogP contribution in [0.15, 0.2) is 70.2 Å². The third-order valence-corrected chi connectivity index (χ3v) is 3.95. The minimum Gasteiger partial charge on any atom is -0.478 e. The third kappa shape index (κ3) is 4.70. The van der Waals surface area contributed by atoms with Crippen LogP contribution in [-0.4, -0.2) is 23.2 Å². The maximum absolute atomic E-state index is 11.9. The standard InChI is InChI=1S/C21H18N2O4/c1-14-11-16(21(25)26)7-9-18(14)19-10-8-17(27-19)13-22-23-20(24)12-15-5-3-2-4-6-15/h2-11,13H,12H2,1H3,(H,23,24)(H,25,26)/b22-13+. The highest BCUT2D eigenvalue weighted by Crippen LogP contribution is 2.26. The van der Waals surface area contributed by atoms with Crippen LogP contribution < -0.4 is 5.43 Å². The van der Waals surface area contributed by atoms with Crippen LogP contribution in [-0.2, 0) is 11.2 Å². The highest BCUT2D eigenvalue weighted by atomic mass is 16.4. The molecule has 6 heteroatoms. The molecule has 0 aliphatic rings. The van der Waals surface area contributed by atoms with Crippen molar-refractivity contribution in [2.24, 2.45) is 5.10 Å². The van der Waals surface area contributed by atoms with Gasteiger partial charge in [-0.3, -0.25) is 4.79 Å². The van der Waals surface area contributed by atoms with Gasteiger partial charge in [0.15, 0.2) is 0 Å². The number of rotatable bonds is 6. The molecule has 0 saturated heterocycles. The molecule has 0 fully saturated rings. The molecule has 0 saturated carbocycles. The predicted molar refractivity (Wildman–Crippen MR) is 102 cm³/mol. The Morgan fingerprint density at radius 1 is 1.11 bits per heavy atom. The molecule has 0 radical (unpaired) electrons. The molecular formula is C21H18N2O4. The number of carboxylic acids is 1. The summed E-state index contributed by atoms with van der Waals surface area (Å²) in [5, 5.41) is 12.9. The van der Waals surface area contributed by atoms with E-state index >= 15 is 0 Å². The van der Waals surface area contributed by atoms with Crippen molar-refractivity contribution < 1.29 is 19.1 Å². The Morgan fingerprint density at radius 2 is 1.89 bits per heavy atom. The molecule has 0 bridgehead atoms. The van der Waals surface area contributed by atoms with Gasteiger partial charge in [0.25, 0.3) is 0 Å². The van der Waals surface area contributed by atoms with E-state index in [9.17, 15) is 9.59 Å². The monoisotopic (exact) mass is 362 g/mol. The van der Waals surface area contributed by atoms with Crippen molar-refractivity contribution in [3.63, 3.8) is 0 Å². The Kier molecular flexibility index (Phi) is 5.47. The van der Waals surface area contributed by atoms with Crippen molar-refractivity contribution >= 4 is 18.1 Å². The second-order valence-corrected chi connectivity index (χ2v) is 5.99. The van der Waals surface area contributed by atoms with Crippen LogP contribution in [0, 0.1) is 6.92 Å². The van der Waals surface area contributed by atoms with Crippen molar-refractivity contribution in [2.45, 2.75) is 13.3 Å². The van der Waals surface area contributed by atoms with E-state index in [1.54, 1.807) is 24.3 Å². The number of hydrogen-bond donors (Lipinski definition) is 2. The lowest BCUT2D eigenvalue weighted by Crippen LogP contribution is -2.19. The number of nitrogens with one attached hydrogen (secondary N) is 1. The maximum Gasteiger partial charge on any atom is 0.335 e. The van der Waals surface area contributed by atoms with Crippen molar-refractivity contribution in [1.82, 2.24) is 5.43 Å². The number of carboxylic acid groups (broad SMARTS) is 1. The fourth-order valence-electron chi connectivity index (χ4n) is 2.63. The zero-order chi connectivity index (χ0) is 19.2. The van der Waals surface area contributed by atoms with Crippen LogP contribution in [0.25, 0.3) is 11.3 Å². The number of furan rings is 1. The Hall–Kier alpha value is -3.67. The Balaban J connectivity index is 1.63. The molecule has 2 aromatic carbocycles. The molecule has 0 unspecified atom stereocenters. The van der Waals surface area contributed by atoms with Gasteiger partial charge in [-0.05, 0) is 42.3 Å². The average Bonchev–Trinajstić information content (AvgIpc) is 3.11. The van der Waals surface area contributed by atoms with Crippen LogP contribution in [0.5, 0.6) is 0 Å². The summed E-state index contributed by atoms with van der Waals surface area (Å²) in [6.45, 7) is 1.82. The molecule has 136 valence electrons. The molecule has 1 amide bonds. The zero-order valence-corrected chi connectivity index (χ0v) is 14.7. The van der Waals surface area contributed by atoms with Crippen LogP contribution in [0.2, 0.25) is 0 Å². The minimum atomic E-state index is -0.969. The largest absolute Gasteiger partial charge is 0.478 e. The Morgan fingerprint density at radius 3 is 2.59 bits per heavy atom. The second kappa shape index (κ2) is 8.14. The van der Waals surface area contributed by atoms with E-state index in [0.29, 0.717) is 11.5 Å². The van der Waals surface area contributed by atoms with Crippen molar-refractivity contribution in [1.29, 1.82) is 0 Å². The second-order valence-electron chi connectivity index (χ2n) is 5.99. The number of hydrazone groups is 1. The van der Waals surface area contributed by atoms with E-state index in [1.807, 2.05) is 37.3 Å². The summed E-state index contributed by atoms with van der Waals surface area (Å²) in [5.41, 5.74) is 5.19. The van der Waals surface area contributed by atoms with Gasteiger partial charge in [0, 0.05) is 5.56 Å². The fourth-order valence-corrected chi connectivity index (χ4v) is 2.63. The topological polar surface area (TPSA) is 91.9 Å². The van der Waals surface area contributed by atoms with Gasteiger partial charge in [0.2, 0.25) is 5.91 Å². The molecule has 0 aliphatic heterocycles. The van der Waals surface area contributed by atoms with Crippen molar-refractivity contribution in [3.05, 3.63) is 83.1 Å². The number of amides is 1. The number of benzene rings is 2. The minimum absolute atomic E-state index is 0.218. The van der Waals surface area contributed by atoms with E-state index in [0.717, 1.165) is 16.7 Å². The highest BCUT2D eigenvalue weighted by molar-refractivity contribution is 5.89. The molecular weight excluding hydrogens is 344 g/mol. The Bertz CT molecular complexity index is 990. The molecule has 0 spiro atoms. The average molecular weight is 362 g/mol. The first-order chi connectivity index (χ1) is 13.0. The molecule has 6 nitrogen and oxygen atoms in total. The molecule has 0 aliphatic carbocycles. The van der Waals surface area contributed by atoms with Crippen molar-refractivity contribution in [3.8, 4) is 11.3 Å². The van der Waals surface area contributed by atoms with E-state index in [2.05, 4.69) is 10.5 Å². The SMILES string of the molecule is Cc1cc(C(=O)O)ccc1-c1ccc(/C=N/NC(=O)Cc2ccccc2)o1. The number of carbonyl (C=O) groups excluding carboxylic acids is 1. The van der Waals surface area contributed by atoms with Crippen LogP contribution >= 0.6 is 0 Å². The third-order valence-electron chi connectivity index (χ3n) is 3.95. The Labute approximate surface area is 156 Å². The first-order valence-electron chi connectivity index (χ1n) is 8.33. The lowest BCUT2D eigenvalue weighted by atomic mass is 10.0. The predicted octanol–water partition coefficient (Wildman–Crippen LogP) is 3.65. The molecule has 0 atom stereocenters. The summed E-state index contributed by atoms with van der Waals surface area (Å²) < 4.78 is 5.70. The number of carbonyl (C=O) groups is 2. The summed E-state index contributed by atoms with van der Waals surface area (Å²) in [6.07, 6.45) is 1.67. The lowest BCUT2D eigenvalue weighted by Gasteiger charge is -2.03. The van der Waals surface area contributed by atoms with Crippen LogP contribution in [0.4, 0.5) is 0 Å². The van der Waals surface area contributed by atoms with Gasteiger partial charge < -0.3 is 9.52 Å². The number of aromatic carboxylic acids is 1. The summed E-state index contributed by atoms with van der Waals surface area (Å²) in [7, 11) is 0. The maximum atomic E-state index is 11.9. The quantitative estimate of drug-likeness (QED) is 0.517. The van der Waals surface area contributed by atoms with Gasteiger partial charge in [-0.15, -0.1) is 0 Å². The van der Waals surface area contributed by atoms with Gasteiger partial charge in [-0.1, -0.05) is 36.4 Å². The van der Waals surface area contributed by atoms with E-state index in [4.69, 9.17) is 9.52 Å². The molecule has 1 aromatic heterocycles. The molecule has 27 heavy (non-hydrogen) atoms. The highest BCUT2D eigenvalue weighted by Gasteiger charge is 2.10. The lowest BCUT2D eigenvalue weighted by molar-refractivity contribution is -0.120. The first-order valence-corrected chi connectivity index (χ1v) is 8.33. The van der Waals surface area contributed by atoms with E-state index in [-0.39, 0.29) is 17.9 Å². The summed E-state index contributed by atoms with van der Waals surface area (Å²) >= 11 is 0. The summed E-state index contributed by atoms with van der Waals surface area (Å²) in [4.78, 5) is 22.9. The first kappa shape index (κ1) is 18.1. The zero-order valence-electron chi connectivity index (χ0n) is 14.7. The van der Waals surface area contributed by atoms with Gasteiger partial charge >= 0.3 is 5.97 Å². The molecule has 2 N–H and O–H groups in total. The van der Waals surface area contributed by atoms with Crippen molar-refractivity contribution in [2.75, 3.05) is 0 Å². The normalized spacial score (nSPS) is 10.9. The number of nitrogens with zero attached hydrogens (tertiary/aromatic N) is 1. The summed E-state index contributed by atoms with van der Waals surface area (Å²) in [6, 6.07) is 17.7. The van der Waals surface area contributed by atoms with Crippen LogP contribution in [0.3, 0.4) is 0 Å². The number of aryl methyl sites for hydroxylation is 1. The number of hydrogen-bond acceptors (Lipinski definition) is 4. The van der Waals surface area contributed by atoms with Gasteiger partial charge in [-0.25, -0.2) is 10.2 Å². The van der Waals surface area contributed by atoms with Crippen LogP contribution in [0.1, 0.15) is 27.2 Å². The van der Waals surface area contributed by atoms with Gasteiger partial charge in [0.05, 0.1) is 18.2 Å². The van der Waals surface area contributed by atoms with Gasteiger partial charge in [0.1, 0.15) is 11.5 Å². The van der Waals surface area contributed by atoms with Gasteiger partial charge in [-0.2, -0.15) is 5.10 Å². The van der Waals surface area contributed by atoms with E-state index < -0.39 is 5.97 Å². The molecule has 3 aromatic rings. The van der Waals surface area contributed by atoms with E-state index in [1.165, 1.54) is 12.3 Å². The fraction of sp³-hybridized carbons (Fsp3) is 0.0952. The molecule has 1 heterocycles. The summed E-state index contributed by atoms with van der Waals surface area (Å²) in [5.74, 6) is -0.110. The smallest absolute Gasteiger partial charge is 0.335 e. The molecule has 3 rings (SSSR count).